The van der Waals surface area contributed by atoms with Gasteiger partial charge in [0, 0.05) is 67.1 Å². The molecular formula is C84H53N15S4. The maximum absolute atomic E-state index is 9.14. The van der Waals surface area contributed by atoms with Crippen LogP contribution in [-0.2, 0) is 0 Å². The van der Waals surface area contributed by atoms with Gasteiger partial charge < -0.3 is 14.7 Å². The Balaban J connectivity index is 0.000000138. The Bertz CT molecular complexity index is 5730. The predicted molar refractivity (Wildman–Crippen MR) is 421 cm³/mol. The smallest absolute Gasteiger partial charge is 0.262 e. The molecule has 0 saturated heterocycles. The number of thiophene rings is 1. The molecule has 0 spiro atoms. The third-order valence-corrected chi connectivity index (χ3v) is 19.2. The van der Waals surface area contributed by atoms with Gasteiger partial charge in [0.1, 0.15) is 38.1 Å². The molecular weight excluding hydrogens is 1350 g/mol. The SMILES string of the molecule is [C-]#[N+]/C(C#N)=C\c1ccc(-c2ccc(N(c3ccc(C)cc3)c3ccc(C)cc3)cc2)c2nsnc12.[C-]#[N+]/C(C#N)=C\c1ccc(-c2ccc(N(c3ccccc3)c3ccccc3)cc2)c2nsnc12.[C-]#[N+]/C(C#N)=C\c1ccc(-c2ccc(N(c3ccccc3)c3ccccc3)s2)c2nsnc12. The molecule has 11 aromatic carbocycles. The highest BCUT2D eigenvalue weighted by atomic mass is 32.1. The number of fused-ring (bicyclic) bond motifs is 3. The summed E-state index contributed by atoms with van der Waals surface area (Å²) in [6.45, 7) is 25.6. The fourth-order valence-electron chi connectivity index (χ4n) is 11.5. The minimum atomic E-state index is 0.0216. The minimum Gasteiger partial charge on any atom is -0.311 e. The number of anilines is 9. The van der Waals surface area contributed by atoms with E-state index in [4.69, 9.17) is 35.5 Å². The lowest BCUT2D eigenvalue weighted by Gasteiger charge is -2.26. The second kappa shape index (κ2) is 31.8. The first-order chi connectivity index (χ1) is 50.6. The first-order valence-corrected chi connectivity index (χ1v) is 34.9. The Morgan fingerprint density at radius 1 is 0.320 bits per heavy atom. The second-order valence-corrected chi connectivity index (χ2v) is 25.6. The minimum absolute atomic E-state index is 0.0216. The van der Waals surface area contributed by atoms with E-state index in [1.807, 2.05) is 127 Å². The third kappa shape index (κ3) is 15.1. The van der Waals surface area contributed by atoms with Gasteiger partial charge in [-0.15, -0.1) is 11.3 Å². The number of aryl methyl sites for hydroxylation is 2. The maximum atomic E-state index is 9.14. The summed E-state index contributed by atoms with van der Waals surface area (Å²) in [5.74, 6) is 0. The lowest BCUT2D eigenvalue weighted by atomic mass is 10.0. The van der Waals surface area contributed by atoms with E-state index in [1.165, 1.54) is 11.1 Å². The number of allylic oxidation sites excluding steroid dienone is 3. The standard InChI is InChI=1S/C30H21N5S.C28H17N5S.C26H15N5S2/c1-20-4-11-25(12-5-20)35(26-13-6-21(2)7-14-26)27-15-8-22(9-16-27)28-17-10-23(18-24(19-31)32-3)29-30(28)34-36-33-29;1-30-22(19-29)18-21-14-17-26(28-27(21)31-34-32-28)20-12-15-25(16-13-20)33(23-8-4-2-5-9-23)24-10-6-3-7-11-24;1-28-19(17-27)16-18-12-13-22(26-25(18)29-33-30-26)23-14-15-24(32-23)31(20-8-4-2-5-9-20)21-10-6-3-7-11-21/h4-18H,1-2H3;2-18H;2-16H/b24-18-;22-18-;19-16-. The van der Waals surface area contributed by atoms with E-state index >= 15 is 0 Å². The number of para-hydroxylation sites is 4. The van der Waals surface area contributed by atoms with Crippen molar-refractivity contribution in [1.29, 1.82) is 15.8 Å². The fraction of sp³-hybridized carbons (Fsp3) is 0.0238. The van der Waals surface area contributed by atoms with E-state index in [0.717, 1.165) is 152 Å². The molecule has 19 heteroatoms. The highest BCUT2D eigenvalue weighted by Crippen LogP contribution is 2.45. The molecule has 0 fully saturated rings. The molecule has 4 heterocycles. The van der Waals surface area contributed by atoms with Gasteiger partial charge in [0.25, 0.3) is 17.1 Å². The average Bonchev–Trinajstić information content (AvgIpc) is 1.73. The van der Waals surface area contributed by atoms with E-state index < -0.39 is 0 Å². The summed E-state index contributed by atoms with van der Waals surface area (Å²) in [5, 5.41) is 28.4. The summed E-state index contributed by atoms with van der Waals surface area (Å²) >= 11 is 5.05. The van der Waals surface area contributed by atoms with Gasteiger partial charge >= 0.3 is 0 Å². The zero-order chi connectivity index (χ0) is 71.0. The summed E-state index contributed by atoms with van der Waals surface area (Å²) < 4.78 is 26.8. The van der Waals surface area contributed by atoms with Crippen molar-refractivity contribution in [3.8, 4) is 50.9 Å². The van der Waals surface area contributed by atoms with Crippen molar-refractivity contribution >= 4 is 148 Å². The van der Waals surface area contributed by atoms with Gasteiger partial charge in [0.05, 0.1) is 73.1 Å². The van der Waals surface area contributed by atoms with Crippen molar-refractivity contribution < 1.29 is 0 Å². The Kier molecular flexibility index (Phi) is 20.9. The van der Waals surface area contributed by atoms with Crippen LogP contribution in [-0.4, -0.2) is 26.2 Å². The van der Waals surface area contributed by atoms with Gasteiger partial charge in [-0.1, -0.05) is 169 Å². The monoisotopic (exact) mass is 1400 g/mol. The molecule has 15 rings (SSSR count). The largest absolute Gasteiger partial charge is 0.311 e. The first-order valence-electron chi connectivity index (χ1n) is 31.9. The number of rotatable bonds is 15. The zero-order valence-electron chi connectivity index (χ0n) is 55.0. The molecule has 0 unspecified atom stereocenters. The van der Waals surface area contributed by atoms with Gasteiger partial charge in [-0.2, -0.15) is 26.2 Å². The fourth-order valence-corrected chi connectivity index (χ4v) is 14.4. The topological polar surface area (TPSA) is 172 Å². The van der Waals surface area contributed by atoms with E-state index in [0.29, 0.717) is 16.6 Å². The molecule has 0 aliphatic carbocycles. The summed E-state index contributed by atoms with van der Waals surface area (Å²) in [5.41, 5.74) is 22.6. The summed E-state index contributed by atoms with van der Waals surface area (Å²) in [6, 6.07) is 96.5. The van der Waals surface area contributed by atoms with Gasteiger partial charge in [-0.3, -0.25) is 0 Å². The number of aromatic nitrogens is 6. The molecule has 0 bridgehead atoms. The zero-order valence-corrected chi connectivity index (χ0v) is 58.2. The van der Waals surface area contributed by atoms with Gasteiger partial charge in [-0.25, -0.2) is 30.3 Å². The molecule has 0 atom stereocenters. The normalized spacial score (nSPS) is 11.1. The molecule has 0 radical (unpaired) electrons. The van der Waals surface area contributed by atoms with Crippen LogP contribution in [0.3, 0.4) is 0 Å². The molecule has 0 aliphatic heterocycles. The highest BCUT2D eigenvalue weighted by Gasteiger charge is 2.21. The molecule has 15 nitrogen and oxygen atoms in total. The lowest BCUT2D eigenvalue weighted by Crippen LogP contribution is -2.09. The van der Waals surface area contributed by atoms with Crippen LogP contribution in [0.5, 0.6) is 0 Å². The Hall–Kier alpha value is -13.9. The van der Waals surface area contributed by atoms with Gasteiger partial charge in [-0.05, 0) is 169 Å². The lowest BCUT2D eigenvalue weighted by molar-refractivity contribution is 1.27. The van der Waals surface area contributed by atoms with E-state index in [9.17, 15) is 0 Å². The number of nitriles is 3. The van der Waals surface area contributed by atoms with Crippen LogP contribution >= 0.6 is 46.5 Å². The molecule has 4 aromatic heterocycles. The van der Waals surface area contributed by atoms with Crippen molar-refractivity contribution in [3.63, 3.8) is 0 Å². The average molecular weight is 1400 g/mol. The van der Waals surface area contributed by atoms with Crippen LogP contribution in [0.2, 0.25) is 0 Å². The highest BCUT2D eigenvalue weighted by molar-refractivity contribution is 7.19. The summed E-state index contributed by atoms with van der Waals surface area (Å²) in [7, 11) is 0. The van der Waals surface area contributed by atoms with Crippen molar-refractivity contribution in [2.45, 2.75) is 13.8 Å². The molecule has 15 aromatic rings. The number of nitrogens with zero attached hydrogens (tertiary/aromatic N) is 15. The first kappa shape index (κ1) is 67.7. The quantitative estimate of drug-likeness (QED) is 0.0704. The van der Waals surface area contributed by atoms with Gasteiger partial charge in [0.2, 0.25) is 0 Å². The van der Waals surface area contributed by atoms with Crippen molar-refractivity contribution in [1.82, 2.24) is 26.2 Å². The predicted octanol–water partition coefficient (Wildman–Crippen LogP) is 23.5. The summed E-state index contributed by atoms with van der Waals surface area (Å²) in [6.07, 6.45) is 4.68. The third-order valence-electron chi connectivity index (χ3n) is 16.5. The Morgan fingerprint density at radius 2 is 0.602 bits per heavy atom. The van der Waals surface area contributed by atoms with E-state index in [1.54, 1.807) is 29.6 Å². The maximum Gasteiger partial charge on any atom is 0.262 e. The van der Waals surface area contributed by atoms with Crippen LogP contribution in [0, 0.1) is 67.6 Å². The van der Waals surface area contributed by atoms with Crippen molar-refractivity contribution in [3.05, 3.63) is 346 Å². The molecule has 103 heavy (non-hydrogen) atoms. The molecule has 488 valence electrons. The van der Waals surface area contributed by atoms with Gasteiger partial charge in [0.15, 0.2) is 0 Å². The molecule has 0 N–H and O–H groups in total. The summed E-state index contributed by atoms with van der Waals surface area (Å²) in [4.78, 5) is 17.5. The van der Waals surface area contributed by atoms with Crippen LogP contribution in [0.25, 0.3) is 98.6 Å². The van der Waals surface area contributed by atoms with E-state index in [2.05, 4.69) is 227 Å². The molecule has 0 amide bonds. The van der Waals surface area contributed by atoms with Crippen LogP contribution in [0.1, 0.15) is 27.8 Å². The number of hydrogen-bond acceptors (Lipinski definition) is 16. The molecule has 0 saturated carbocycles. The second-order valence-electron chi connectivity index (χ2n) is 23.0. The van der Waals surface area contributed by atoms with Crippen LogP contribution < -0.4 is 14.7 Å². The van der Waals surface area contributed by atoms with E-state index in [-0.39, 0.29) is 17.1 Å². The van der Waals surface area contributed by atoms with Crippen molar-refractivity contribution in [2.24, 2.45) is 0 Å². The number of benzene rings is 11. The number of hydrogen-bond donors (Lipinski definition) is 0. The van der Waals surface area contributed by atoms with Crippen LogP contribution in [0.4, 0.5) is 50.5 Å². The van der Waals surface area contributed by atoms with Crippen LogP contribution in [0.15, 0.2) is 284 Å². The Labute approximate surface area is 611 Å². The Morgan fingerprint density at radius 3 is 0.922 bits per heavy atom. The van der Waals surface area contributed by atoms with Crippen molar-refractivity contribution in [2.75, 3.05) is 14.7 Å². The molecule has 0 aliphatic rings.